The van der Waals surface area contributed by atoms with E-state index in [-0.39, 0.29) is 90.3 Å². The van der Waals surface area contributed by atoms with Crippen molar-refractivity contribution in [3.05, 3.63) is 60.9 Å². The minimum atomic E-state index is -0.888. The maximum atomic E-state index is 15.3. The van der Waals surface area contributed by atoms with Gasteiger partial charge in [0, 0.05) is 49.0 Å². The molecule has 2 N–H and O–H groups in total. The molecule has 0 unspecified atom stereocenters. The van der Waals surface area contributed by atoms with E-state index in [0.29, 0.717) is 25.7 Å². The highest BCUT2D eigenvalue weighted by atomic mass is 16.7. The summed E-state index contributed by atoms with van der Waals surface area (Å²) in [6, 6.07) is 3.12. The summed E-state index contributed by atoms with van der Waals surface area (Å²) in [5.41, 5.74) is 1.75. The summed E-state index contributed by atoms with van der Waals surface area (Å²) in [5.74, 6) is -2.25. The monoisotopic (exact) mass is 929 g/mol. The fourth-order valence-electron chi connectivity index (χ4n) is 13.3. The molecule has 0 bridgehead atoms. The molecule has 1 aromatic carbocycles. The highest BCUT2D eigenvalue weighted by Gasteiger charge is 2.71. The molecule has 8 atom stereocenters. The number of hydrazine groups is 1. The maximum Gasteiger partial charge on any atom is 0.322 e. The number of nitrogens with zero attached hydrogens (tertiary/aromatic N) is 8. The summed E-state index contributed by atoms with van der Waals surface area (Å²) in [4.78, 5) is 87.1. The zero-order valence-electron chi connectivity index (χ0n) is 40.0. The Morgan fingerprint density at radius 2 is 1.61 bits per heavy atom. The van der Waals surface area contributed by atoms with E-state index in [1.165, 1.54) is 14.0 Å². The third kappa shape index (κ3) is 7.89. The Morgan fingerprint density at radius 1 is 0.970 bits per heavy atom. The number of ether oxygens (including phenoxy) is 1. The Bertz CT molecular complexity index is 2430. The molecule has 0 spiro atoms. The van der Waals surface area contributed by atoms with Crippen molar-refractivity contribution in [3.63, 3.8) is 0 Å². The van der Waals surface area contributed by atoms with Gasteiger partial charge in [-0.25, -0.2) is 0 Å². The number of nitriles is 1. The summed E-state index contributed by atoms with van der Waals surface area (Å²) >= 11 is 0. The van der Waals surface area contributed by atoms with Crippen molar-refractivity contribution in [2.45, 2.75) is 106 Å². The van der Waals surface area contributed by atoms with Gasteiger partial charge >= 0.3 is 11.7 Å². The second-order valence-corrected chi connectivity index (χ2v) is 21.8. The van der Waals surface area contributed by atoms with Gasteiger partial charge in [0.1, 0.15) is 37.0 Å². The number of nitro groups is 2. The van der Waals surface area contributed by atoms with E-state index in [4.69, 9.17) is 15.3 Å². The van der Waals surface area contributed by atoms with Gasteiger partial charge in [-0.15, -0.1) is 5.01 Å². The van der Waals surface area contributed by atoms with Crippen molar-refractivity contribution in [3.8, 4) is 11.8 Å². The van der Waals surface area contributed by atoms with Crippen LogP contribution in [0.15, 0.2) is 40.7 Å². The Hall–Kier alpha value is -5.97. The van der Waals surface area contributed by atoms with Crippen LogP contribution in [0.25, 0.3) is 0 Å². The molecule has 3 saturated carbocycles. The fourth-order valence-corrected chi connectivity index (χ4v) is 13.3. The molecule has 1 aliphatic heterocycles. The number of nitro benzene ring substituents is 2. The third-order valence-corrected chi connectivity index (χ3v) is 17.2. The number of hydrogen-bond donors (Lipinski definition) is 1. The van der Waals surface area contributed by atoms with Gasteiger partial charge in [-0.1, -0.05) is 60.1 Å². The molecular formula is C47H63N9O11. The van der Waals surface area contributed by atoms with E-state index >= 15 is 9.59 Å². The number of fused-ring (bicyclic) bond motifs is 7. The molecule has 362 valence electrons. The highest BCUT2D eigenvalue weighted by Crippen LogP contribution is 2.74. The van der Waals surface area contributed by atoms with Crippen LogP contribution in [0.4, 0.5) is 17.1 Å². The van der Waals surface area contributed by atoms with Crippen LogP contribution in [0.1, 0.15) is 100 Å². The lowest BCUT2D eigenvalue weighted by Crippen LogP contribution is -2.67. The molecule has 1 saturated heterocycles. The van der Waals surface area contributed by atoms with Crippen molar-refractivity contribution >= 4 is 40.5 Å². The Morgan fingerprint density at radius 3 is 2.22 bits per heavy atom. The second-order valence-electron chi connectivity index (χ2n) is 21.8. The number of benzene rings is 1. The van der Waals surface area contributed by atoms with Crippen LogP contribution < -0.4 is 15.5 Å². The Labute approximate surface area is 390 Å². The number of allylic oxidation sites excluding steroid dienone is 4. The van der Waals surface area contributed by atoms with E-state index in [9.17, 15) is 40.3 Å². The molecule has 1 aromatic rings. The number of carbonyl (C=O) groups excluding carboxylic acids is 4. The van der Waals surface area contributed by atoms with Crippen molar-refractivity contribution in [2.75, 3.05) is 51.3 Å². The van der Waals surface area contributed by atoms with Crippen LogP contribution in [0.3, 0.4) is 0 Å². The normalized spacial score (nSPS) is 32.4. The zero-order valence-corrected chi connectivity index (χ0v) is 40.0. The average Bonchev–Trinajstić information content (AvgIpc) is 3.26. The summed E-state index contributed by atoms with van der Waals surface area (Å²) in [5, 5.41) is 51.6. The summed E-state index contributed by atoms with van der Waals surface area (Å²) < 4.78 is 4.96. The molecular weight excluding hydrogens is 867 g/mol. The van der Waals surface area contributed by atoms with E-state index < -0.39 is 72.0 Å². The predicted octanol–water partition coefficient (Wildman–Crippen LogP) is 6.36. The topological polar surface area (TPSA) is 271 Å². The molecule has 5 aliphatic carbocycles. The van der Waals surface area contributed by atoms with E-state index in [1.807, 2.05) is 26.0 Å². The quantitative estimate of drug-likeness (QED) is 0.0831. The van der Waals surface area contributed by atoms with E-state index in [1.54, 1.807) is 9.80 Å². The predicted molar refractivity (Wildman–Crippen MR) is 241 cm³/mol. The van der Waals surface area contributed by atoms with Crippen molar-refractivity contribution < 1.29 is 43.6 Å². The number of nitrogens with two attached hydrogens (primary N) is 1. The minimum absolute atomic E-state index is 0.00692. The number of Topliss-reactive ketones (excluding diaryl/α,β-unsaturated/α-hetero) is 1. The summed E-state index contributed by atoms with van der Waals surface area (Å²) in [6.45, 7) is 16.5. The van der Waals surface area contributed by atoms with Gasteiger partial charge in [-0.3, -0.25) is 44.2 Å². The van der Waals surface area contributed by atoms with Crippen LogP contribution in [-0.2, 0) is 23.9 Å². The molecule has 7 rings (SSSR count). The van der Waals surface area contributed by atoms with Gasteiger partial charge in [0.15, 0.2) is 11.6 Å². The first-order chi connectivity index (χ1) is 31.2. The second kappa shape index (κ2) is 17.0. The van der Waals surface area contributed by atoms with Gasteiger partial charge in [0.2, 0.25) is 16.9 Å². The van der Waals surface area contributed by atoms with E-state index in [2.05, 4.69) is 46.0 Å². The zero-order chi connectivity index (χ0) is 49.4. The van der Waals surface area contributed by atoms with Gasteiger partial charge in [0.25, 0.3) is 5.69 Å². The maximum absolute atomic E-state index is 15.3. The lowest BCUT2D eigenvalue weighted by atomic mass is 9.34. The van der Waals surface area contributed by atoms with Gasteiger partial charge in [-0.05, 0) is 86.0 Å². The Kier molecular flexibility index (Phi) is 12.4. The third-order valence-electron chi connectivity index (χ3n) is 17.2. The van der Waals surface area contributed by atoms with Crippen LogP contribution in [0, 0.1) is 87.0 Å². The van der Waals surface area contributed by atoms with Crippen LogP contribution in [0.2, 0.25) is 0 Å². The SMILES string of the molecule is C[C@H](N)C(=O)OCCN(C)/[N+]([O-])=N/Oc1cc(N2CCN(C(=O)[C@]34CCC(C)(C)C[C@H]3[C@H]3C(=O)C=C5[C@@]6(C)C=C(C#N)C(=O)C(C)(C)[C@@H]6CC[C@@]5(C)[C@]3(C)CC4)CC2)c([N+](=O)[O-])cc1[N+](=O)[O-]. The largest absolute Gasteiger partial charge is 0.569 e. The van der Waals surface area contributed by atoms with Gasteiger partial charge < -0.3 is 25.5 Å². The molecule has 1 heterocycles. The number of carbonyl (C=O) groups is 4. The lowest BCUT2D eigenvalue weighted by molar-refractivity contribution is -0.701. The molecule has 20 nitrogen and oxygen atoms in total. The summed E-state index contributed by atoms with van der Waals surface area (Å²) in [7, 11) is 1.30. The molecule has 20 heteroatoms. The number of ketones is 2. The number of rotatable bonds is 11. The number of piperazine rings is 1. The first kappa shape index (κ1) is 48.9. The van der Waals surface area contributed by atoms with Crippen LogP contribution >= 0.6 is 0 Å². The number of likely N-dealkylation sites (N-methyl/N-ethyl adjacent to an activating group) is 1. The smallest absolute Gasteiger partial charge is 0.322 e. The molecule has 6 aliphatic rings. The number of esters is 1. The molecule has 1 amide bonds. The number of anilines is 1. The first-order valence-electron chi connectivity index (χ1n) is 23.1. The summed E-state index contributed by atoms with van der Waals surface area (Å²) in [6.07, 6.45) is 8.42. The van der Waals surface area contributed by atoms with Gasteiger partial charge in [-0.2, -0.15) is 5.26 Å². The fraction of sp³-hybridized carbons (Fsp3) is 0.681. The molecule has 4 fully saturated rings. The van der Waals surface area contributed by atoms with Crippen molar-refractivity contribution in [1.82, 2.24) is 9.91 Å². The van der Waals surface area contributed by atoms with Crippen LogP contribution in [0.5, 0.6) is 5.75 Å². The minimum Gasteiger partial charge on any atom is -0.569 e. The highest BCUT2D eigenvalue weighted by molar-refractivity contribution is 6.04. The van der Waals surface area contributed by atoms with Crippen molar-refractivity contribution in [2.24, 2.45) is 61.3 Å². The Balaban J connectivity index is 1.15. The number of amides is 1. The molecule has 67 heavy (non-hydrogen) atoms. The van der Waals surface area contributed by atoms with Crippen LogP contribution in [-0.4, -0.2) is 101 Å². The van der Waals surface area contributed by atoms with Gasteiger partial charge in [0.05, 0.1) is 32.9 Å². The van der Waals surface area contributed by atoms with Crippen molar-refractivity contribution in [1.29, 1.82) is 5.26 Å². The first-order valence-corrected chi connectivity index (χ1v) is 23.1. The molecule has 0 aromatic heterocycles. The average molecular weight is 930 g/mol. The lowest BCUT2D eigenvalue weighted by Gasteiger charge is -2.69. The number of hydrogen-bond acceptors (Lipinski definition) is 15. The standard InChI is InChI=1S/C47H63N9O11/c1-28(49)40(59)66-21-20-51(9)56(65)50-67-35-23-31(32(54(61)62)22-33(35)55(63)64)52-16-18-53(19-17-52)41(60)47-14-12-42(2,3)26-30(47)38-34(57)24-37-44(6)25-29(27-48)39(58)43(4,5)36(44)10-11-45(37,7)46(38,8)13-15-47/h22-25,28,30,36,38H,10-21,26,49H2,1-9H3/b56-50-/t28-,30-,36-,38-,44-,45+,46+,47-/m0/s1. The molecule has 0 radical (unpaired) electrons. The van der Waals surface area contributed by atoms with E-state index in [0.717, 1.165) is 42.0 Å².